The standard InChI is InChI=1S/C21H32N4O3/c1-22-21(25-9-8-17(14-25)15-27-2)24-12-16-5-3-6-18(11-16)20(26)23-13-19-7-4-10-28-19/h3,5-6,11,17,19H,4,7-10,12-15H2,1-2H3,(H,22,24)(H,23,26). The molecule has 7 nitrogen and oxygen atoms in total. The maximum atomic E-state index is 12.4. The van der Waals surface area contributed by atoms with Gasteiger partial charge in [0.05, 0.1) is 12.7 Å². The van der Waals surface area contributed by atoms with Crippen LogP contribution in [0.3, 0.4) is 0 Å². The van der Waals surface area contributed by atoms with Crippen molar-refractivity contribution in [3.8, 4) is 0 Å². The van der Waals surface area contributed by atoms with Crippen molar-refractivity contribution < 1.29 is 14.3 Å². The molecular weight excluding hydrogens is 356 g/mol. The Balaban J connectivity index is 1.50. The Morgan fingerprint density at radius 1 is 1.36 bits per heavy atom. The van der Waals surface area contributed by atoms with Gasteiger partial charge in [-0.25, -0.2) is 0 Å². The van der Waals surface area contributed by atoms with E-state index in [9.17, 15) is 4.79 Å². The van der Waals surface area contributed by atoms with E-state index in [1.165, 1.54) is 0 Å². The first-order valence-corrected chi connectivity index (χ1v) is 10.1. The van der Waals surface area contributed by atoms with E-state index in [2.05, 4.69) is 20.5 Å². The Labute approximate surface area is 167 Å². The van der Waals surface area contributed by atoms with Crippen LogP contribution in [0.2, 0.25) is 0 Å². The molecule has 0 aliphatic carbocycles. The van der Waals surface area contributed by atoms with Crippen molar-refractivity contribution in [2.75, 3.05) is 47.0 Å². The van der Waals surface area contributed by atoms with Crippen LogP contribution in [0.5, 0.6) is 0 Å². The number of guanidine groups is 1. The summed E-state index contributed by atoms with van der Waals surface area (Å²) in [5.74, 6) is 1.40. The molecule has 154 valence electrons. The molecule has 2 saturated heterocycles. The maximum absolute atomic E-state index is 12.4. The van der Waals surface area contributed by atoms with E-state index in [0.717, 1.165) is 57.1 Å². The van der Waals surface area contributed by atoms with Crippen LogP contribution in [0.25, 0.3) is 0 Å². The molecule has 2 aliphatic rings. The van der Waals surface area contributed by atoms with Gasteiger partial charge in [-0.1, -0.05) is 12.1 Å². The highest BCUT2D eigenvalue weighted by atomic mass is 16.5. The zero-order chi connectivity index (χ0) is 19.8. The molecule has 0 aromatic heterocycles. The van der Waals surface area contributed by atoms with Crippen molar-refractivity contribution in [1.82, 2.24) is 15.5 Å². The van der Waals surface area contributed by atoms with Crippen LogP contribution < -0.4 is 10.6 Å². The van der Waals surface area contributed by atoms with Crippen LogP contribution in [0.1, 0.15) is 35.2 Å². The summed E-state index contributed by atoms with van der Waals surface area (Å²) in [4.78, 5) is 19.1. The molecule has 1 aromatic carbocycles. The van der Waals surface area contributed by atoms with Crippen LogP contribution in [-0.2, 0) is 16.0 Å². The normalized spacial score (nSPS) is 22.5. The first-order valence-electron chi connectivity index (χ1n) is 10.1. The summed E-state index contributed by atoms with van der Waals surface area (Å²) in [6, 6.07) is 7.72. The van der Waals surface area contributed by atoms with E-state index in [1.807, 2.05) is 24.3 Å². The first kappa shape index (κ1) is 20.6. The van der Waals surface area contributed by atoms with Gasteiger partial charge < -0.3 is 25.0 Å². The van der Waals surface area contributed by atoms with Gasteiger partial charge in [0.15, 0.2) is 5.96 Å². The molecule has 0 bridgehead atoms. The van der Waals surface area contributed by atoms with Crippen LogP contribution in [0.15, 0.2) is 29.3 Å². The number of likely N-dealkylation sites (tertiary alicyclic amines) is 1. The molecule has 0 spiro atoms. The molecule has 1 aromatic rings. The lowest BCUT2D eigenvalue weighted by Crippen LogP contribution is -2.39. The fourth-order valence-electron chi connectivity index (χ4n) is 3.85. The first-order chi connectivity index (χ1) is 13.7. The lowest BCUT2D eigenvalue weighted by molar-refractivity contribution is 0.0857. The molecule has 2 atom stereocenters. The summed E-state index contributed by atoms with van der Waals surface area (Å²) < 4.78 is 10.8. The minimum Gasteiger partial charge on any atom is -0.384 e. The third-order valence-corrected chi connectivity index (χ3v) is 5.35. The molecule has 7 heteroatoms. The second-order valence-electron chi connectivity index (χ2n) is 7.50. The molecule has 3 rings (SSSR count). The summed E-state index contributed by atoms with van der Waals surface area (Å²) in [6.07, 6.45) is 3.37. The van der Waals surface area contributed by atoms with Crippen LogP contribution in [0, 0.1) is 5.92 Å². The van der Waals surface area contributed by atoms with Crippen molar-refractivity contribution in [3.63, 3.8) is 0 Å². The molecule has 2 aliphatic heterocycles. The van der Waals surface area contributed by atoms with Gasteiger partial charge >= 0.3 is 0 Å². The van der Waals surface area contributed by atoms with Crippen LogP contribution in [-0.4, -0.2) is 69.9 Å². The number of benzene rings is 1. The molecule has 2 unspecified atom stereocenters. The maximum Gasteiger partial charge on any atom is 0.251 e. The Hall–Kier alpha value is -2.12. The zero-order valence-corrected chi connectivity index (χ0v) is 16.9. The third kappa shape index (κ3) is 5.69. The number of aliphatic imine (C=N–C) groups is 1. The van der Waals surface area contributed by atoms with E-state index in [1.54, 1.807) is 14.2 Å². The molecule has 2 N–H and O–H groups in total. The van der Waals surface area contributed by atoms with Gasteiger partial charge in [0.2, 0.25) is 0 Å². The number of ether oxygens (including phenoxy) is 2. The number of carbonyl (C=O) groups excluding carboxylic acids is 1. The molecule has 28 heavy (non-hydrogen) atoms. The molecule has 2 fully saturated rings. The largest absolute Gasteiger partial charge is 0.384 e. The number of carbonyl (C=O) groups is 1. The van der Waals surface area contributed by atoms with Crippen LogP contribution >= 0.6 is 0 Å². The number of rotatable bonds is 7. The number of amides is 1. The Bertz CT molecular complexity index is 673. The number of hydrogen-bond acceptors (Lipinski definition) is 4. The van der Waals surface area contributed by atoms with Crippen molar-refractivity contribution in [1.29, 1.82) is 0 Å². The highest BCUT2D eigenvalue weighted by Gasteiger charge is 2.24. The predicted octanol–water partition coefficient (Wildman–Crippen LogP) is 1.64. The molecule has 0 saturated carbocycles. The lowest BCUT2D eigenvalue weighted by atomic mass is 10.1. The van der Waals surface area contributed by atoms with Gasteiger partial charge in [-0.15, -0.1) is 0 Å². The predicted molar refractivity (Wildman–Crippen MR) is 110 cm³/mol. The Morgan fingerprint density at radius 2 is 2.25 bits per heavy atom. The second kappa shape index (κ2) is 10.4. The molecule has 0 radical (unpaired) electrons. The number of methoxy groups -OCH3 is 1. The summed E-state index contributed by atoms with van der Waals surface area (Å²) in [5.41, 5.74) is 1.73. The van der Waals surface area contributed by atoms with Crippen molar-refractivity contribution >= 4 is 11.9 Å². The fraction of sp³-hybridized carbons (Fsp3) is 0.619. The summed E-state index contributed by atoms with van der Waals surface area (Å²) in [7, 11) is 3.56. The summed E-state index contributed by atoms with van der Waals surface area (Å²) in [6.45, 7) is 4.73. The quantitative estimate of drug-likeness (QED) is 0.549. The van der Waals surface area contributed by atoms with E-state index < -0.39 is 0 Å². The van der Waals surface area contributed by atoms with Crippen molar-refractivity contribution in [2.45, 2.75) is 31.9 Å². The van der Waals surface area contributed by atoms with E-state index in [0.29, 0.717) is 24.6 Å². The van der Waals surface area contributed by atoms with E-state index in [4.69, 9.17) is 9.47 Å². The Morgan fingerprint density at radius 3 is 3.00 bits per heavy atom. The highest BCUT2D eigenvalue weighted by Crippen LogP contribution is 2.16. The lowest BCUT2D eigenvalue weighted by Gasteiger charge is -2.21. The molecular formula is C21H32N4O3. The average molecular weight is 389 g/mol. The average Bonchev–Trinajstić information content (AvgIpc) is 3.39. The number of nitrogens with one attached hydrogen (secondary N) is 2. The minimum atomic E-state index is -0.0521. The highest BCUT2D eigenvalue weighted by molar-refractivity contribution is 5.94. The third-order valence-electron chi connectivity index (χ3n) is 5.35. The van der Waals surface area contributed by atoms with Gasteiger partial charge in [-0.2, -0.15) is 0 Å². The minimum absolute atomic E-state index is 0.0521. The summed E-state index contributed by atoms with van der Waals surface area (Å²) >= 11 is 0. The second-order valence-corrected chi connectivity index (χ2v) is 7.50. The van der Waals surface area contributed by atoms with Gasteiger partial charge in [0.1, 0.15) is 0 Å². The fourth-order valence-corrected chi connectivity index (χ4v) is 3.85. The van der Waals surface area contributed by atoms with Gasteiger partial charge in [0.25, 0.3) is 5.91 Å². The van der Waals surface area contributed by atoms with Crippen LogP contribution in [0.4, 0.5) is 0 Å². The molecule has 1 amide bonds. The van der Waals surface area contributed by atoms with Crippen molar-refractivity contribution in [2.24, 2.45) is 10.9 Å². The smallest absolute Gasteiger partial charge is 0.251 e. The van der Waals surface area contributed by atoms with Crippen molar-refractivity contribution in [3.05, 3.63) is 35.4 Å². The Kier molecular flexibility index (Phi) is 7.68. The van der Waals surface area contributed by atoms with Gasteiger partial charge in [-0.3, -0.25) is 9.79 Å². The monoisotopic (exact) mass is 388 g/mol. The number of nitrogens with zero attached hydrogens (tertiary/aromatic N) is 2. The van der Waals surface area contributed by atoms with Gasteiger partial charge in [-0.05, 0) is 37.0 Å². The number of hydrogen-bond donors (Lipinski definition) is 2. The zero-order valence-electron chi connectivity index (χ0n) is 16.9. The van der Waals surface area contributed by atoms with Gasteiger partial charge in [0, 0.05) is 58.4 Å². The molecule has 2 heterocycles. The SMILES string of the molecule is CN=C(NCc1cccc(C(=O)NCC2CCCO2)c1)N1CCC(COC)C1. The van der Waals surface area contributed by atoms with E-state index >= 15 is 0 Å². The topological polar surface area (TPSA) is 75.2 Å². The van der Waals surface area contributed by atoms with E-state index in [-0.39, 0.29) is 12.0 Å². The summed E-state index contributed by atoms with van der Waals surface area (Å²) in [5, 5.41) is 6.39.